The van der Waals surface area contributed by atoms with E-state index in [0.29, 0.717) is 18.8 Å². The van der Waals surface area contributed by atoms with E-state index < -0.39 is 4.92 Å². The second kappa shape index (κ2) is 6.20. The molecule has 1 aliphatic heterocycles. The van der Waals surface area contributed by atoms with E-state index in [0.717, 1.165) is 13.1 Å². The molecule has 0 radical (unpaired) electrons. The van der Waals surface area contributed by atoms with Gasteiger partial charge in [-0.15, -0.1) is 0 Å². The lowest BCUT2D eigenvalue weighted by atomic mass is 10.2. The summed E-state index contributed by atoms with van der Waals surface area (Å²) in [6.45, 7) is 3.15. The topological polar surface area (TPSA) is 114 Å². The molecule has 0 spiro atoms. The predicted octanol–water partition coefficient (Wildman–Crippen LogP) is 0.0207. The third kappa shape index (κ3) is 3.35. The van der Waals surface area contributed by atoms with Crippen molar-refractivity contribution in [3.05, 3.63) is 28.3 Å². The average molecular weight is 279 g/mol. The van der Waals surface area contributed by atoms with Gasteiger partial charge >= 0.3 is 0 Å². The summed E-state index contributed by atoms with van der Waals surface area (Å²) in [5, 5.41) is 16.8. The minimum atomic E-state index is -0.537. The number of carbonyl (C=O) groups excluding carboxylic acids is 1. The van der Waals surface area contributed by atoms with Gasteiger partial charge in [0.15, 0.2) is 0 Å². The van der Waals surface area contributed by atoms with E-state index in [-0.39, 0.29) is 23.8 Å². The van der Waals surface area contributed by atoms with Gasteiger partial charge in [-0.3, -0.25) is 14.9 Å². The number of anilines is 2. The first-order valence-electron chi connectivity index (χ1n) is 6.34. The molecule has 0 aromatic heterocycles. The zero-order valence-electron chi connectivity index (χ0n) is 11.0. The average Bonchev–Trinajstić information content (AvgIpc) is 2.45. The highest BCUT2D eigenvalue weighted by atomic mass is 16.6. The molecule has 1 amide bonds. The molecule has 1 aromatic carbocycles. The highest BCUT2D eigenvalue weighted by Gasteiger charge is 2.16. The number of benzene rings is 1. The minimum absolute atomic E-state index is 0.00317. The van der Waals surface area contributed by atoms with Crippen LogP contribution in [-0.4, -0.2) is 48.5 Å². The summed E-state index contributed by atoms with van der Waals surface area (Å²) in [5.74, 6) is 0.00317. The van der Waals surface area contributed by atoms with Crippen LogP contribution in [0.1, 0.15) is 0 Å². The van der Waals surface area contributed by atoms with Crippen LogP contribution in [0, 0.1) is 10.1 Å². The molecule has 1 saturated heterocycles. The first-order chi connectivity index (χ1) is 9.58. The summed E-state index contributed by atoms with van der Waals surface area (Å²) in [4.78, 5) is 23.8. The van der Waals surface area contributed by atoms with Crippen LogP contribution in [0.15, 0.2) is 18.2 Å². The van der Waals surface area contributed by atoms with Crippen LogP contribution in [0.3, 0.4) is 0 Å². The summed E-state index contributed by atoms with van der Waals surface area (Å²) in [7, 11) is 0. The number of nitrogens with zero attached hydrogens (tertiary/aromatic N) is 2. The van der Waals surface area contributed by atoms with E-state index in [1.54, 1.807) is 11.0 Å². The zero-order chi connectivity index (χ0) is 14.5. The monoisotopic (exact) mass is 279 g/mol. The molecule has 4 N–H and O–H groups in total. The molecule has 1 fully saturated rings. The molecule has 108 valence electrons. The van der Waals surface area contributed by atoms with Gasteiger partial charge in [0.1, 0.15) is 5.69 Å². The Bertz CT molecular complexity index is 514. The van der Waals surface area contributed by atoms with E-state index in [9.17, 15) is 14.9 Å². The van der Waals surface area contributed by atoms with E-state index in [1.807, 2.05) is 0 Å². The number of nitro groups is 1. The summed E-state index contributed by atoms with van der Waals surface area (Å²) >= 11 is 0. The van der Waals surface area contributed by atoms with Crippen LogP contribution < -0.4 is 16.4 Å². The third-order valence-electron chi connectivity index (χ3n) is 3.14. The number of piperazine rings is 1. The molecule has 2 rings (SSSR count). The predicted molar refractivity (Wildman–Crippen MR) is 75.4 cm³/mol. The van der Waals surface area contributed by atoms with E-state index in [1.165, 1.54) is 12.1 Å². The smallest absolute Gasteiger partial charge is 0.292 e. The number of nitrogens with two attached hydrogens (primary N) is 1. The standard InChI is InChI=1S/C12H17N5O3/c13-10-7-9(1-2-11(10)17(19)20)15-8-12(18)16-5-3-14-4-6-16/h1-2,7,14-15H,3-6,8,13H2. The Kier molecular flexibility index (Phi) is 4.36. The SMILES string of the molecule is Nc1cc(NCC(=O)N2CCNCC2)ccc1[N+](=O)[O-]. The van der Waals surface area contributed by atoms with Gasteiger partial charge in [-0.1, -0.05) is 0 Å². The molecule has 0 saturated carbocycles. The molecule has 1 aromatic rings. The summed E-state index contributed by atoms with van der Waals surface area (Å²) in [6, 6.07) is 4.33. The van der Waals surface area contributed by atoms with Crippen molar-refractivity contribution < 1.29 is 9.72 Å². The molecule has 1 heterocycles. The van der Waals surface area contributed by atoms with Gasteiger partial charge in [0.05, 0.1) is 11.5 Å². The first-order valence-corrected chi connectivity index (χ1v) is 6.34. The van der Waals surface area contributed by atoms with Crippen LogP contribution in [-0.2, 0) is 4.79 Å². The molecule has 0 unspecified atom stereocenters. The van der Waals surface area contributed by atoms with Gasteiger partial charge in [0, 0.05) is 37.9 Å². The molecule has 8 nitrogen and oxygen atoms in total. The Morgan fingerprint density at radius 3 is 2.75 bits per heavy atom. The number of nitrogen functional groups attached to an aromatic ring is 1. The Labute approximate surface area is 116 Å². The fraction of sp³-hybridized carbons (Fsp3) is 0.417. The summed E-state index contributed by atoms with van der Waals surface area (Å²) < 4.78 is 0. The normalized spacial score (nSPS) is 14.9. The first kappa shape index (κ1) is 14.1. The summed E-state index contributed by atoms with van der Waals surface area (Å²) in [6.07, 6.45) is 0. The molecule has 0 bridgehead atoms. The molecule has 1 aliphatic rings. The molecule has 0 aliphatic carbocycles. The van der Waals surface area contributed by atoms with E-state index >= 15 is 0 Å². The van der Waals surface area contributed by atoms with Crippen molar-refractivity contribution in [1.82, 2.24) is 10.2 Å². The lowest BCUT2D eigenvalue weighted by Gasteiger charge is -2.27. The Morgan fingerprint density at radius 1 is 1.45 bits per heavy atom. The second-order valence-corrected chi connectivity index (χ2v) is 4.52. The zero-order valence-corrected chi connectivity index (χ0v) is 11.0. The third-order valence-corrected chi connectivity index (χ3v) is 3.14. The Morgan fingerprint density at radius 2 is 2.15 bits per heavy atom. The number of carbonyl (C=O) groups is 1. The molecular formula is C12H17N5O3. The number of nitrogens with one attached hydrogen (secondary N) is 2. The lowest BCUT2D eigenvalue weighted by Crippen LogP contribution is -2.48. The maximum atomic E-state index is 11.9. The van der Waals surface area contributed by atoms with Crippen LogP contribution in [0.5, 0.6) is 0 Å². The number of amides is 1. The van der Waals surface area contributed by atoms with Crippen LogP contribution in [0.4, 0.5) is 17.1 Å². The van der Waals surface area contributed by atoms with Crippen molar-refractivity contribution in [2.75, 3.05) is 43.8 Å². The largest absolute Gasteiger partial charge is 0.393 e. The van der Waals surface area contributed by atoms with Crippen LogP contribution >= 0.6 is 0 Å². The van der Waals surface area contributed by atoms with E-state index in [2.05, 4.69) is 10.6 Å². The fourth-order valence-electron chi connectivity index (χ4n) is 2.03. The Hall–Kier alpha value is -2.35. The van der Waals surface area contributed by atoms with Gasteiger partial charge in [-0.05, 0) is 12.1 Å². The van der Waals surface area contributed by atoms with Gasteiger partial charge in [-0.25, -0.2) is 0 Å². The Balaban J connectivity index is 1.92. The van der Waals surface area contributed by atoms with Crippen molar-refractivity contribution in [2.24, 2.45) is 0 Å². The van der Waals surface area contributed by atoms with Crippen molar-refractivity contribution in [2.45, 2.75) is 0 Å². The van der Waals surface area contributed by atoms with Crippen LogP contribution in [0.25, 0.3) is 0 Å². The quantitative estimate of drug-likeness (QED) is 0.407. The highest BCUT2D eigenvalue weighted by molar-refractivity contribution is 5.81. The van der Waals surface area contributed by atoms with Crippen LogP contribution in [0.2, 0.25) is 0 Å². The van der Waals surface area contributed by atoms with Crippen molar-refractivity contribution >= 4 is 23.0 Å². The minimum Gasteiger partial charge on any atom is -0.393 e. The number of nitro benzene ring substituents is 1. The van der Waals surface area contributed by atoms with Crippen molar-refractivity contribution in [3.8, 4) is 0 Å². The number of hydrogen-bond acceptors (Lipinski definition) is 6. The summed E-state index contributed by atoms with van der Waals surface area (Å²) in [5.41, 5.74) is 6.12. The van der Waals surface area contributed by atoms with E-state index in [4.69, 9.17) is 5.73 Å². The maximum Gasteiger partial charge on any atom is 0.292 e. The molecular weight excluding hydrogens is 262 g/mol. The van der Waals surface area contributed by atoms with Crippen molar-refractivity contribution in [1.29, 1.82) is 0 Å². The van der Waals surface area contributed by atoms with Gasteiger partial charge in [-0.2, -0.15) is 0 Å². The molecule has 0 atom stereocenters. The lowest BCUT2D eigenvalue weighted by molar-refractivity contribution is -0.383. The number of hydrogen-bond donors (Lipinski definition) is 3. The maximum absolute atomic E-state index is 11.9. The van der Waals surface area contributed by atoms with Gasteiger partial charge < -0.3 is 21.3 Å². The fourth-order valence-corrected chi connectivity index (χ4v) is 2.03. The van der Waals surface area contributed by atoms with Gasteiger partial charge in [0.2, 0.25) is 5.91 Å². The molecule has 8 heteroatoms. The van der Waals surface area contributed by atoms with Crippen molar-refractivity contribution in [3.63, 3.8) is 0 Å². The highest BCUT2D eigenvalue weighted by Crippen LogP contribution is 2.24. The molecule has 20 heavy (non-hydrogen) atoms. The number of rotatable bonds is 4. The second-order valence-electron chi connectivity index (χ2n) is 4.52. The van der Waals surface area contributed by atoms with Gasteiger partial charge in [0.25, 0.3) is 5.69 Å².